The molecule has 1 heterocycles. The van der Waals surface area contributed by atoms with Gasteiger partial charge in [-0.15, -0.1) is 0 Å². The van der Waals surface area contributed by atoms with Crippen molar-refractivity contribution in [3.05, 3.63) is 26.5 Å². The quantitative estimate of drug-likeness (QED) is 0.719. The molecule has 2 aromatic rings. The monoisotopic (exact) mass is 291 g/mol. The number of rotatable bonds is 0. The van der Waals surface area contributed by atoms with E-state index < -0.39 is 0 Å². The van der Waals surface area contributed by atoms with E-state index >= 15 is 0 Å². The van der Waals surface area contributed by atoms with Gasteiger partial charge in [-0.1, -0.05) is 31.9 Å². The van der Waals surface area contributed by atoms with Crippen LogP contribution in [0.15, 0.2) is 26.5 Å². The summed E-state index contributed by atoms with van der Waals surface area (Å²) in [5.74, 6) is 0. The number of hydrogen-bond donors (Lipinski definition) is 0. The Morgan fingerprint density at radius 3 is 2.91 bits per heavy atom. The SMILES string of the molecule is Brc1cc(Br)c2csnc2c1. The largest absolute Gasteiger partial charge is 0.193 e. The minimum absolute atomic E-state index is 1.04. The lowest BCUT2D eigenvalue weighted by molar-refractivity contribution is 1.62. The Morgan fingerprint density at radius 2 is 2.09 bits per heavy atom. The van der Waals surface area contributed by atoms with Crippen LogP contribution in [0.25, 0.3) is 10.9 Å². The Bertz CT molecular complexity index is 396. The highest BCUT2D eigenvalue weighted by atomic mass is 79.9. The standard InChI is InChI=1S/C7H3Br2NS/c8-4-1-6(9)5-3-11-10-7(5)2-4/h1-3H. The molecule has 0 spiro atoms. The van der Waals surface area contributed by atoms with E-state index in [2.05, 4.69) is 36.2 Å². The van der Waals surface area contributed by atoms with Gasteiger partial charge in [-0.05, 0) is 23.7 Å². The second kappa shape index (κ2) is 2.84. The van der Waals surface area contributed by atoms with E-state index in [9.17, 15) is 0 Å². The number of halogens is 2. The summed E-state index contributed by atoms with van der Waals surface area (Å²) in [6.07, 6.45) is 0. The van der Waals surface area contributed by atoms with E-state index in [1.54, 1.807) is 0 Å². The van der Waals surface area contributed by atoms with Gasteiger partial charge in [0.15, 0.2) is 0 Å². The molecule has 0 N–H and O–H groups in total. The molecule has 0 radical (unpaired) electrons. The van der Waals surface area contributed by atoms with Crippen molar-refractivity contribution in [3.8, 4) is 0 Å². The zero-order valence-corrected chi connectivity index (χ0v) is 9.33. The van der Waals surface area contributed by atoms with Crippen molar-refractivity contribution in [2.75, 3.05) is 0 Å². The number of hydrogen-bond acceptors (Lipinski definition) is 2. The van der Waals surface area contributed by atoms with Gasteiger partial charge in [0.2, 0.25) is 0 Å². The number of nitrogens with zero attached hydrogens (tertiary/aromatic N) is 1. The molecule has 0 saturated carbocycles. The lowest BCUT2D eigenvalue weighted by atomic mass is 10.3. The Labute approximate surface area is 84.8 Å². The van der Waals surface area contributed by atoms with Gasteiger partial charge in [0.25, 0.3) is 0 Å². The molecule has 1 aromatic heterocycles. The van der Waals surface area contributed by atoms with Crippen molar-refractivity contribution < 1.29 is 0 Å². The Kier molecular flexibility index (Phi) is 1.99. The molecule has 0 aliphatic carbocycles. The molecule has 0 unspecified atom stereocenters. The molecule has 0 fully saturated rings. The molecule has 1 aromatic carbocycles. The van der Waals surface area contributed by atoms with E-state index in [-0.39, 0.29) is 0 Å². The van der Waals surface area contributed by atoms with Gasteiger partial charge in [-0.2, -0.15) is 4.37 Å². The summed E-state index contributed by atoms with van der Waals surface area (Å²) in [5.41, 5.74) is 1.04. The molecule has 0 saturated heterocycles. The third-order valence-corrected chi connectivity index (χ3v) is 3.15. The fourth-order valence-corrected chi connectivity index (χ4v) is 3.04. The minimum atomic E-state index is 1.04. The van der Waals surface area contributed by atoms with Crippen molar-refractivity contribution in [3.63, 3.8) is 0 Å². The predicted molar refractivity (Wildman–Crippen MR) is 55.0 cm³/mol. The lowest BCUT2D eigenvalue weighted by Gasteiger charge is -1.93. The number of benzene rings is 1. The molecule has 4 heteroatoms. The van der Waals surface area contributed by atoms with Crippen LogP contribution in [-0.4, -0.2) is 4.37 Å². The van der Waals surface area contributed by atoms with Crippen LogP contribution in [0.1, 0.15) is 0 Å². The molecule has 0 bridgehead atoms. The van der Waals surface area contributed by atoms with Crippen LogP contribution in [0.4, 0.5) is 0 Å². The van der Waals surface area contributed by atoms with Crippen LogP contribution in [-0.2, 0) is 0 Å². The van der Waals surface area contributed by atoms with Crippen LogP contribution in [0.2, 0.25) is 0 Å². The van der Waals surface area contributed by atoms with Gasteiger partial charge < -0.3 is 0 Å². The molecule has 0 aliphatic rings. The summed E-state index contributed by atoms with van der Waals surface area (Å²) in [7, 11) is 0. The summed E-state index contributed by atoms with van der Waals surface area (Å²) < 4.78 is 6.37. The zero-order chi connectivity index (χ0) is 7.84. The maximum atomic E-state index is 4.22. The van der Waals surface area contributed by atoms with Crippen LogP contribution < -0.4 is 0 Å². The fourth-order valence-electron chi connectivity index (χ4n) is 0.899. The second-order valence-corrected chi connectivity index (χ2v) is 4.53. The van der Waals surface area contributed by atoms with Crippen LogP contribution >= 0.6 is 43.4 Å². The first-order valence-electron chi connectivity index (χ1n) is 2.96. The van der Waals surface area contributed by atoms with Gasteiger partial charge in [-0.25, -0.2) is 0 Å². The van der Waals surface area contributed by atoms with Gasteiger partial charge in [-0.3, -0.25) is 0 Å². The van der Waals surface area contributed by atoms with Crippen molar-refractivity contribution in [1.29, 1.82) is 0 Å². The topological polar surface area (TPSA) is 12.9 Å². The third-order valence-electron chi connectivity index (χ3n) is 1.39. The van der Waals surface area contributed by atoms with E-state index in [1.807, 2.05) is 17.5 Å². The summed E-state index contributed by atoms with van der Waals surface area (Å²) in [6, 6.07) is 4.04. The Balaban J connectivity index is 2.91. The van der Waals surface area contributed by atoms with Crippen LogP contribution in [0.5, 0.6) is 0 Å². The van der Waals surface area contributed by atoms with Crippen LogP contribution in [0, 0.1) is 0 Å². The summed E-state index contributed by atoms with van der Waals surface area (Å²) in [6.45, 7) is 0. The average Bonchev–Trinajstić information content (AvgIpc) is 2.34. The highest BCUT2D eigenvalue weighted by Crippen LogP contribution is 2.28. The van der Waals surface area contributed by atoms with Crippen molar-refractivity contribution in [2.24, 2.45) is 0 Å². The first kappa shape index (κ1) is 7.71. The highest BCUT2D eigenvalue weighted by Gasteiger charge is 2.01. The van der Waals surface area contributed by atoms with Gasteiger partial charge in [0.05, 0.1) is 5.52 Å². The molecule has 56 valence electrons. The molecular weight excluding hydrogens is 290 g/mol. The molecular formula is C7H3Br2NS. The predicted octanol–water partition coefficient (Wildman–Crippen LogP) is 3.82. The fraction of sp³-hybridized carbons (Fsp3) is 0. The molecule has 0 amide bonds. The van der Waals surface area contributed by atoms with Gasteiger partial charge >= 0.3 is 0 Å². The summed E-state index contributed by atoms with van der Waals surface area (Å²) >= 11 is 8.34. The first-order chi connectivity index (χ1) is 5.27. The van der Waals surface area contributed by atoms with Crippen molar-refractivity contribution in [2.45, 2.75) is 0 Å². The van der Waals surface area contributed by atoms with Gasteiger partial charge in [0.1, 0.15) is 0 Å². The van der Waals surface area contributed by atoms with Crippen molar-refractivity contribution >= 4 is 54.3 Å². The second-order valence-electron chi connectivity index (χ2n) is 2.13. The third kappa shape index (κ3) is 1.35. The maximum absolute atomic E-state index is 4.22. The molecule has 1 nitrogen and oxygen atoms in total. The minimum Gasteiger partial charge on any atom is -0.193 e. The highest BCUT2D eigenvalue weighted by molar-refractivity contribution is 9.11. The number of fused-ring (bicyclic) bond motifs is 1. The molecule has 0 atom stereocenters. The van der Waals surface area contributed by atoms with Crippen molar-refractivity contribution in [1.82, 2.24) is 4.37 Å². The Morgan fingerprint density at radius 1 is 1.27 bits per heavy atom. The maximum Gasteiger partial charge on any atom is 0.0863 e. The summed E-state index contributed by atoms with van der Waals surface area (Å²) in [4.78, 5) is 0. The van der Waals surface area contributed by atoms with E-state index in [0.29, 0.717) is 0 Å². The molecule has 11 heavy (non-hydrogen) atoms. The molecule has 2 rings (SSSR count). The number of aromatic nitrogens is 1. The first-order valence-corrected chi connectivity index (χ1v) is 5.39. The molecule has 0 aliphatic heterocycles. The normalized spacial score (nSPS) is 10.7. The van der Waals surface area contributed by atoms with E-state index in [4.69, 9.17) is 0 Å². The average molecular weight is 293 g/mol. The van der Waals surface area contributed by atoms with E-state index in [0.717, 1.165) is 14.5 Å². The zero-order valence-electron chi connectivity index (χ0n) is 5.34. The Hall–Kier alpha value is 0.0700. The van der Waals surface area contributed by atoms with Crippen LogP contribution in [0.3, 0.4) is 0 Å². The smallest absolute Gasteiger partial charge is 0.0863 e. The lowest BCUT2D eigenvalue weighted by Crippen LogP contribution is -1.70. The summed E-state index contributed by atoms with van der Waals surface area (Å²) in [5, 5.41) is 3.21. The van der Waals surface area contributed by atoms with E-state index in [1.165, 1.54) is 16.9 Å². The van der Waals surface area contributed by atoms with Gasteiger partial charge in [0, 0.05) is 19.7 Å².